The minimum Gasteiger partial charge on any atom is -0.500 e. The Labute approximate surface area is 151 Å². The van der Waals surface area contributed by atoms with Crippen LogP contribution in [0.3, 0.4) is 0 Å². The summed E-state index contributed by atoms with van der Waals surface area (Å²) in [5.74, 6) is 2.07. The number of carbonyl (C=O) groups is 1. The molecule has 2 aliphatic carbocycles. The SMILES string of the molecule is COC1=CC2(C=C(OC)C13CCCC3)CCN(CCCN(C)C)C2=O. The second-order valence-electron chi connectivity index (χ2n) is 7.95. The highest BCUT2D eigenvalue weighted by Gasteiger charge is 2.53. The van der Waals surface area contributed by atoms with Crippen molar-refractivity contribution in [2.24, 2.45) is 10.8 Å². The molecule has 3 rings (SSSR count). The van der Waals surface area contributed by atoms with Crippen molar-refractivity contribution in [2.45, 2.75) is 38.5 Å². The molecule has 5 heteroatoms. The van der Waals surface area contributed by atoms with Gasteiger partial charge in [-0.15, -0.1) is 0 Å². The lowest BCUT2D eigenvalue weighted by atomic mass is 9.70. The van der Waals surface area contributed by atoms with Gasteiger partial charge in [0.05, 0.1) is 25.0 Å². The summed E-state index contributed by atoms with van der Waals surface area (Å²) in [6.07, 6.45) is 10.5. The van der Waals surface area contributed by atoms with E-state index in [0.29, 0.717) is 0 Å². The minimum atomic E-state index is -0.581. The minimum absolute atomic E-state index is 0.145. The summed E-state index contributed by atoms with van der Waals surface area (Å²) in [4.78, 5) is 17.4. The van der Waals surface area contributed by atoms with Gasteiger partial charge < -0.3 is 19.3 Å². The van der Waals surface area contributed by atoms with Crippen LogP contribution in [0.25, 0.3) is 0 Å². The highest BCUT2D eigenvalue weighted by molar-refractivity contribution is 5.89. The largest absolute Gasteiger partial charge is 0.500 e. The Morgan fingerprint density at radius 1 is 1.08 bits per heavy atom. The number of carbonyl (C=O) groups excluding carboxylic acids is 1. The van der Waals surface area contributed by atoms with Crippen molar-refractivity contribution in [3.63, 3.8) is 0 Å². The number of nitrogens with zero attached hydrogens (tertiary/aromatic N) is 2. The van der Waals surface area contributed by atoms with Gasteiger partial charge in [-0.25, -0.2) is 0 Å². The van der Waals surface area contributed by atoms with Crippen LogP contribution in [0.4, 0.5) is 0 Å². The van der Waals surface area contributed by atoms with Gasteiger partial charge in [0.1, 0.15) is 11.5 Å². The van der Waals surface area contributed by atoms with Gasteiger partial charge in [-0.1, -0.05) is 12.8 Å². The van der Waals surface area contributed by atoms with Gasteiger partial charge in [0.2, 0.25) is 5.91 Å². The third-order valence-electron chi connectivity index (χ3n) is 6.13. The fourth-order valence-electron chi connectivity index (χ4n) is 4.77. The number of amides is 1. The van der Waals surface area contributed by atoms with Gasteiger partial charge in [-0.2, -0.15) is 0 Å². The third kappa shape index (κ3) is 3.07. The summed E-state index contributed by atoms with van der Waals surface area (Å²) in [6, 6.07) is 0. The predicted octanol–water partition coefficient (Wildman–Crippen LogP) is 2.79. The first-order chi connectivity index (χ1) is 12.0. The molecule has 2 fully saturated rings. The summed E-state index contributed by atoms with van der Waals surface area (Å²) in [7, 11) is 7.59. The maximum absolute atomic E-state index is 13.2. The van der Waals surface area contributed by atoms with E-state index in [-0.39, 0.29) is 11.3 Å². The second kappa shape index (κ2) is 7.02. The molecule has 0 N–H and O–H groups in total. The standard InChI is InChI=1S/C20H32N2O3/c1-21(2)11-7-12-22-13-10-19(18(22)23)14-16(24-3)20(8-5-6-9-20)17(15-19)25-4/h14-15H,5-13H2,1-4H3. The molecule has 1 saturated carbocycles. The van der Waals surface area contributed by atoms with E-state index in [1.807, 2.05) is 4.90 Å². The van der Waals surface area contributed by atoms with Crippen LogP contribution in [0.5, 0.6) is 0 Å². The molecular weight excluding hydrogens is 316 g/mol. The van der Waals surface area contributed by atoms with Crippen LogP contribution in [0.2, 0.25) is 0 Å². The fraction of sp³-hybridized carbons (Fsp3) is 0.750. The van der Waals surface area contributed by atoms with Gasteiger partial charge >= 0.3 is 0 Å². The lowest BCUT2D eigenvalue weighted by molar-refractivity contribution is -0.132. The molecule has 1 heterocycles. The zero-order valence-corrected chi connectivity index (χ0v) is 16.1. The molecule has 25 heavy (non-hydrogen) atoms. The average Bonchev–Trinajstić information content (AvgIpc) is 3.18. The first kappa shape index (κ1) is 18.3. The summed E-state index contributed by atoms with van der Waals surface area (Å²) < 4.78 is 11.6. The van der Waals surface area contributed by atoms with Crippen molar-refractivity contribution in [3.8, 4) is 0 Å². The molecule has 0 radical (unpaired) electrons. The van der Waals surface area contributed by atoms with Crippen LogP contribution < -0.4 is 0 Å². The van der Waals surface area contributed by atoms with Gasteiger partial charge in [0, 0.05) is 13.1 Å². The van der Waals surface area contributed by atoms with E-state index < -0.39 is 5.41 Å². The molecule has 2 spiro atoms. The number of rotatable bonds is 6. The summed E-state index contributed by atoms with van der Waals surface area (Å²) in [5, 5.41) is 0. The first-order valence-corrected chi connectivity index (χ1v) is 9.46. The van der Waals surface area contributed by atoms with Gasteiger partial charge in [0.15, 0.2) is 0 Å². The summed E-state index contributed by atoms with van der Waals surface area (Å²) >= 11 is 0. The van der Waals surface area contributed by atoms with Crippen LogP contribution in [-0.4, -0.2) is 63.7 Å². The molecule has 0 aromatic rings. The number of methoxy groups -OCH3 is 2. The fourth-order valence-corrected chi connectivity index (χ4v) is 4.77. The topological polar surface area (TPSA) is 42.0 Å². The van der Waals surface area contributed by atoms with Gasteiger partial charge in [-0.3, -0.25) is 4.79 Å². The van der Waals surface area contributed by atoms with Crippen LogP contribution in [0.1, 0.15) is 38.5 Å². The second-order valence-corrected chi connectivity index (χ2v) is 7.95. The van der Waals surface area contributed by atoms with E-state index in [1.54, 1.807) is 14.2 Å². The first-order valence-electron chi connectivity index (χ1n) is 9.46. The Balaban J connectivity index is 1.84. The van der Waals surface area contributed by atoms with Crippen molar-refractivity contribution in [1.82, 2.24) is 9.80 Å². The highest BCUT2D eigenvalue weighted by atomic mass is 16.5. The molecule has 5 nitrogen and oxygen atoms in total. The molecule has 0 aromatic heterocycles. The molecule has 3 aliphatic rings. The van der Waals surface area contributed by atoms with E-state index in [4.69, 9.17) is 9.47 Å². The number of hydrogen-bond acceptors (Lipinski definition) is 4. The van der Waals surface area contributed by atoms with Crippen molar-refractivity contribution in [3.05, 3.63) is 23.7 Å². The summed E-state index contributed by atoms with van der Waals surface area (Å²) in [6.45, 7) is 2.62. The van der Waals surface area contributed by atoms with Crippen LogP contribution >= 0.6 is 0 Å². The third-order valence-corrected chi connectivity index (χ3v) is 6.13. The zero-order chi connectivity index (χ0) is 18.1. The zero-order valence-electron chi connectivity index (χ0n) is 16.1. The maximum Gasteiger partial charge on any atom is 0.236 e. The smallest absolute Gasteiger partial charge is 0.236 e. The van der Waals surface area contributed by atoms with E-state index in [0.717, 1.165) is 56.8 Å². The van der Waals surface area contributed by atoms with Crippen LogP contribution in [0.15, 0.2) is 23.7 Å². The molecule has 0 atom stereocenters. The molecule has 140 valence electrons. The van der Waals surface area contributed by atoms with Crippen molar-refractivity contribution in [2.75, 3.05) is 47.9 Å². The number of hydrogen-bond donors (Lipinski definition) is 0. The lowest BCUT2D eigenvalue weighted by Gasteiger charge is -2.39. The van der Waals surface area contributed by atoms with Gasteiger partial charge in [-0.05, 0) is 58.5 Å². The van der Waals surface area contributed by atoms with Crippen molar-refractivity contribution >= 4 is 5.91 Å². The Morgan fingerprint density at radius 2 is 1.68 bits per heavy atom. The van der Waals surface area contributed by atoms with Crippen molar-refractivity contribution < 1.29 is 14.3 Å². The van der Waals surface area contributed by atoms with E-state index in [1.165, 1.54) is 12.8 Å². The Morgan fingerprint density at radius 3 is 2.20 bits per heavy atom. The van der Waals surface area contributed by atoms with E-state index in [9.17, 15) is 4.79 Å². The molecular formula is C20H32N2O3. The van der Waals surface area contributed by atoms with E-state index in [2.05, 4.69) is 31.1 Å². The number of ether oxygens (including phenoxy) is 2. The highest BCUT2D eigenvalue weighted by Crippen LogP contribution is 2.56. The number of likely N-dealkylation sites (tertiary alicyclic amines) is 1. The predicted molar refractivity (Wildman–Crippen MR) is 97.9 cm³/mol. The van der Waals surface area contributed by atoms with Crippen LogP contribution in [-0.2, 0) is 14.3 Å². The van der Waals surface area contributed by atoms with Crippen molar-refractivity contribution in [1.29, 1.82) is 0 Å². The molecule has 0 bridgehead atoms. The average molecular weight is 348 g/mol. The maximum atomic E-state index is 13.2. The molecule has 0 unspecified atom stereocenters. The molecule has 0 aromatic carbocycles. The molecule has 1 aliphatic heterocycles. The Kier molecular flexibility index (Phi) is 5.14. The summed E-state index contributed by atoms with van der Waals surface area (Å²) in [5.41, 5.74) is -0.726. The lowest BCUT2D eigenvalue weighted by Crippen LogP contribution is -2.39. The monoisotopic (exact) mass is 348 g/mol. The quantitative estimate of drug-likeness (QED) is 0.740. The van der Waals surface area contributed by atoms with Crippen LogP contribution in [0, 0.1) is 10.8 Å². The Hall–Kier alpha value is -1.49. The normalized spacial score (nSPS) is 24.2. The van der Waals surface area contributed by atoms with Gasteiger partial charge in [0.25, 0.3) is 0 Å². The molecule has 1 saturated heterocycles. The van der Waals surface area contributed by atoms with E-state index >= 15 is 0 Å². The molecule has 1 amide bonds. The Bertz CT molecular complexity index is 549.